The summed E-state index contributed by atoms with van der Waals surface area (Å²) in [6.45, 7) is 0.968. The van der Waals surface area contributed by atoms with Crippen molar-refractivity contribution in [3.8, 4) is 23.3 Å². The van der Waals surface area contributed by atoms with Crippen molar-refractivity contribution < 1.29 is 45.1 Å². The highest BCUT2D eigenvalue weighted by Gasteiger charge is 2.36. The van der Waals surface area contributed by atoms with Crippen LogP contribution in [0, 0.1) is 11.8 Å². The lowest BCUT2D eigenvalue weighted by molar-refractivity contribution is -0.275. The van der Waals surface area contributed by atoms with E-state index in [-0.39, 0.29) is 11.3 Å². The predicted molar refractivity (Wildman–Crippen MR) is 99.7 cm³/mol. The van der Waals surface area contributed by atoms with Gasteiger partial charge >= 0.3 is 12.3 Å². The molecular formula is C19H21F3O7S. The molecule has 0 amide bonds. The number of halogens is 3. The molecular weight excluding hydrogens is 429 g/mol. The Hall–Kier alpha value is -2.45. The van der Waals surface area contributed by atoms with Crippen LogP contribution in [0.1, 0.15) is 49.4 Å². The van der Waals surface area contributed by atoms with Gasteiger partial charge in [0.15, 0.2) is 17.1 Å². The van der Waals surface area contributed by atoms with Crippen LogP contribution in [-0.4, -0.2) is 43.3 Å². The van der Waals surface area contributed by atoms with Gasteiger partial charge < -0.3 is 14.2 Å². The Balaban J connectivity index is 2.32. The summed E-state index contributed by atoms with van der Waals surface area (Å²) in [6, 6.07) is 2.98. The number of benzene rings is 1. The molecule has 166 valence electrons. The van der Waals surface area contributed by atoms with E-state index in [1.54, 1.807) is 6.92 Å². The molecule has 1 aliphatic carbocycles. The number of ether oxygens (including phenoxy) is 3. The van der Waals surface area contributed by atoms with Gasteiger partial charge in [-0.1, -0.05) is 12.3 Å². The van der Waals surface area contributed by atoms with Gasteiger partial charge in [-0.2, -0.15) is 8.42 Å². The smallest absolute Gasteiger partial charge is 0.471 e. The Morgan fingerprint density at radius 2 is 1.87 bits per heavy atom. The van der Waals surface area contributed by atoms with Crippen LogP contribution in [-0.2, 0) is 14.9 Å². The summed E-state index contributed by atoms with van der Waals surface area (Å²) >= 11 is 0. The molecule has 0 spiro atoms. The summed E-state index contributed by atoms with van der Waals surface area (Å²) in [7, 11) is -4.33. The predicted octanol–water partition coefficient (Wildman–Crippen LogP) is 3.73. The summed E-state index contributed by atoms with van der Waals surface area (Å²) in [6.07, 6.45) is -1.47. The van der Waals surface area contributed by atoms with Crippen LogP contribution in [0.4, 0.5) is 13.2 Å². The Morgan fingerprint density at radius 3 is 2.43 bits per heavy atom. The average molecular weight is 450 g/mol. The van der Waals surface area contributed by atoms with E-state index in [1.807, 2.05) is 0 Å². The van der Waals surface area contributed by atoms with Gasteiger partial charge in [0.05, 0.1) is 5.56 Å². The summed E-state index contributed by atoms with van der Waals surface area (Å²) in [5.41, 5.74) is -1.19. The number of rotatable bonds is 7. The van der Waals surface area contributed by atoms with E-state index in [9.17, 15) is 26.4 Å². The Labute approximate surface area is 172 Å². The Bertz CT molecular complexity index is 924. The molecule has 0 atom stereocenters. The molecule has 1 aliphatic rings. The van der Waals surface area contributed by atoms with E-state index < -0.39 is 46.2 Å². The van der Waals surface area contributed by atoms with Gasteiger partial charge in [0.25, 0.3) is 10.1 Å². The normalized spacial score (nSPS) is 16.2. The summed E-state index contributed by atoms with van der Waals surface area (Å²) in [4.78, 5) is 12.1. The third-order valence-corrected chi connectivity index (χ3v) is 4.98. The lowest BCUT2D eigenvalue weighted by Gasteiger charge is -2.33. The van der Waals surface area contributed by atoms with E-state index in [1.165, 1.54) is 0 Å². The molecule has 11 heteroatoms. The van der Waals surface area contributed by atoms with Crippen molar-refractivity contribution in [2.75, 3.05) is 12.4 Å². The molecule has 1 N–H and O–H groups in total. The quantitative estimate of drug-likeness (QED) is 0.384. The first-order chi connectivity index (χ1) is 13.9. The van der Waals surface area contributed by atoms with Gasteiger partial charge in [-0.25, -0.2) is 4.79 Å². The minimum absolute atomic E-state index is 0.176. The third-order valence-electron chi connectivity index (χ3n) is 4.30. The van der Waals surface area contributed by atoms with E-state index in [2.05, 4.69) is 16.6 Å². The van der Waals surface area contributed by atoms with Crippen molar-refractivity contribution in [1.29, 1.82) is 0 Å². The Morgan fingerprint density at radius 1 is 1.20 bits per heavy atom. The Kier molecular flexibility index (Phi) is 7.60. The lowest BCUT2D eigenvalue weighted by atomic mass is 9.85. The van der Waals surface area contributed by atoms with Gasteiger partial charge in [0, 0.05) is 0 Å². The van der Waals surface area contributed by atoms with Gasteiger partial charge in [-0.3, -0.25) is 4.55 Å². The number of carbonyl (C=O) groups is 1. The van der Waals surface area contributed by atoms with Crippen molar-refractivity contribution in [3.05, 3.63) is 23.8 Å². The summed E-state index contributed by atoms with van der Waals surface area (Å²) < 4.78 is 83.1. The van der Waals surface area contributed by atoms with Gasteiger partial charge in [-0.05, 0) is 50.8 Å². The largest absolute Gasteiger partial charge is 0.573 e. The maximum Gasteiger partial charge on any atom is 0.573 e. The first-order valence-electron chi connectivity index (χ1n) is 9.08. The highest BCUT2D eigenvalue weighted by Crippen LogP contribution is 2.39. The second-order valence-corrected chi connectivity index (χ2v) is 8.24. The second-order valence-electron chi connectivity index (χ2n) is 6.66. The molecule has 0 radical (unpaired) electrons. The van der Waals surface area contributed by atoms with Crippen LogP contribution in [0.5, 0.6) is 11.5 Å². The molecule has 7 nitrogen and oxygen atoms in total. The second kappa shape index (κ2) is 9.57. The van der Waals surface area contributed by atoms with E-state index in [0.29, 0.717) is 12.8 Å². The molecule has 1 aromatic carbocycles. The molecule has 1 fully saturated rings. The highest BCUT2D eigenvalue weighted by atomic mass is 32.2. The minimum atomic E-state index is -4.98. The van der Waals surface area contributed by atoms with E-state index in [4.69, 9.17) is 14.0 Å². The molecule has 30 heavy (non-hydrogen) atoms. The van der Waals surface area contributed by atoms with E-state index in [0.717, 1.165) is 37.5 Å². The maximum absolute atomic E-state index is 12.8. The van der Waals surface area contributed by atoms with Crippen LogP contribution in [0.25, 0.3) is 0 Å². The number of hydrogen-bond acceptors (Lipinski definition) is 6. The SMILES string of the molecule is CC#CC1(Oc2cc(C(=O)OCCS(=O)(=O)O)ccc2OC(F)(F)F)CCCCC1. The minimum Gasteiger partial charge on any atom is -0.471 e. The lowest BCUT2D eigenvalue weighted by Crippen LogP contribution is -2.37. The fourth-order valence-corrected chi connectivity index (χ4v) is 3.35. The zero-order valence-corrected chi connectivity index (χ0v) is 16.9. The number of carbonyl (C=O) groups excluding carboxylic acids is 1. The van der Waals surface area contributed by atoms with Crippen molar-refractivity contribution in [2.45, 2.75) is 51.0 Å². The molecule has 1 aromatic rings. The highest BCUT2D eigenvalue weighted by molar-refractivity contribution is 7.85. The fourth-order valence-electron chi connectivity index (χ4n) is 3.06. The molecule has 0 bridgehead atoms. The monoisotopic (exact) mass is 450 g/mol. The molecule has 0 aliphatic heterocycles. The first-order valence-corrected chi connectivity index (χ1v) is 10.7. The van der Waals surface area contributed by atoms with Crippen LogP contribution >= 0.6 is 0 Å². The summed E-state index contributed by atoms with van der Waals surface area (Å²) in [5.74, 6) is 2.87. The molecule has 0 heterocycles. The van der Waals surface area contributed by atoms with Crippen molar-refractivity contribution >= 4 is 16.1 Å². The van der Waals surface area contributed by atoms with Crippen molar-refractivity contribution in [1.82, 2.24) is 0 Å². The van der Waals surface area contributed by atoms with Crippen LogP contribution in [0.15, 0.2) is 18.2 Å². The van der Waals surface area contributed by atoms with Gasteiger partial charge in [0.2, 0.25) is 0 Å². The topological polar surface area (TPSA) is 99.1 Å². The average Bonchev–Trinajstić information content (AvgIpc) is 2.62. The van der Waals surface area contributed by atoms with E-state index >= 15 is 0 Å². The number of esters is 1. The first kappa shape index (κ1) is 23.8. The maximum atomic E-state index is 12.8. The zero-order chi connectivity index (χ0) is 22.4. The molecule has 1 saturated carbocycles. The molecule has 0 saturated heterocycles. The number of hydrogen-bond donors (Lipinski definition) is 1. The molecule has 0 aromatic heterocycles. The standard InChI is InChI=1S/C19H21F3O7S/c1-2-8-18(9-4-3-5-10-18)28-16-13-14(6-7-15(16)29-19(20,21)22)17(23)27-11-12-30(24,25)26/h6-7,13H,3-5,9-12H2,1H3,(H,24,25,26). The van der Waals surface area contributed by atoms with Crippen LogP contribution in [0.2, 0.25) is 0 Å². The summed E-state index contributed by atoms with van der Waals surface area (Å²) in [5, 5.41) is 0. The van der Waals surface area contributed by atoms with Crippen LogP contribution < -0.4 is 9.47 Å². The van der Waals surface area contributed by atoms with Gasteiger partial charge in [0.1, 0.15) is 12.4 Å². The van der Waals surface area contributed by atoms with Crippen molar-refractivity contribution in [3.63, 3.8) is 0 Å². The molecule has 2 rings (SSSR count). The van der Waals surface area contributed by atoms with Gasteiger partial charge in [-0.15, -0.1) is 19.1 Å². The number of alkyl halides is 3. The zero-order valence-electron chi connectivity index (χ0n) is 16.1. The molecule has 0 unspecified atom stereocenters. The fraction of sp³-hybridized carbons (Fsp3) is 0.526. The van der Waals surface area contributed by atoms with Crippen molar-refractivity contribution in [2.24, 2.45) is 0 Å². The van der Waals surface area contributed by atoms with Crippen LogP contribution in [0.3, 0.4) is 0 Å². The third kappa shape index (κ3) is 7.42.